The van der Waals surface area contributed by atoms with Crippen molar-refractivity contribution in [1.82, 2.24) is 0 Å². The molecule has 0 aromatic heterocycles. The minimum Gasteiger partial charge on any atom is -0.434 e. The molecule has 1 rings (SSSR count). The summed E-state index contributed by atoms with van der Waals surface area (Å²) in [5.74, 6) is 0.0694. The van der Waals surface area contributed by atoms with Gasteiger partial charge in [0.05, 0.1) is 6.61 Å². The SMILES string of the molecule is Cc1cccc(CO)c1OC(F)F. The fraction of sp³-hybridized carbons (Fsp3) is 0.333. The van der Waals surface area contributed by atoms with Crippen molar-refractivity contribution in [2.75, 3.05) is 0 Å². The van der Waals surface area contributed by atoms with E-state index in [-0.39, 0.29) is 12.4 Å². The lowest BCUT2D eigenvalue weighted by atomic mass is 10.1. The Morgan fingerprint density at radius 1 is 1.46 bits per heavy atom. The van der Waals surface area contributed by atoms with Crippen LogP contribution in [-0.4, -0.2) is 11.7 Å². The van der Waals surface area contributed by atoms with Gasteiger partial charge in [0.15, 0.2) is 0 Å². The number of benzene rings is 1. The number of ether oxygens (including phenoxy) is 1. The number of alkyl halides is 2. The van der Waals surface area contributed by atoms with Gasteiger partial charge in [0.1, 0.15) is 5.75 Å². The van der Waals surface area contributed by atoms with Crippen LogP contribution in [0.2, 0.25) is 0 Å². The summed E-state index contributed by atoms with van der Waals surface area (Å²) in [5.41, 5.74) is 0.965. The van der Waals surface area contributed by atoms with E-state index in [4.69, 9.17) is 5.11 Å². The summed E-state index contributed by atoms with van der Waals surface area (Å²) in [7, 11) is 0. The molecule has 72 valence electrons. The molecule has 2 nitrogen and oxygen atoms in total. The summed E-state index contributed by atoms with van der Waals surface area (Å²) in [6, 6.07) is 4.88. The number of rotatable bonds is 3. The molecule has 0 bridgehead atoms. The van der Waals surface area contributed by atoms with Crippen molar-refractivity contribution >= 4 is 0 Å². The topological polar surface area (TPSA) is 29.5 Å². The monoisotopic (exact) mass is 188 g/mol. The molecule has 0 aliphatic rings. The second-order valence-corrected chi connectivity index (χ2v) is 2.60. The van der Waals surface area contributed by atoms with Gasteiger partial charge in [-0.15, -0.1) is 0 Å². The van der Waals surface area contributed by atoms with Crippen molar-refractivity contribution in [2.45, 2.75) is 20.1 Å². The third-order valence-corrected chi connectivity index (χ3v) is 1.67. The van der Waals surface area contributed by atoms with Crippen LogP contribution in [0.4, 0.5) is 8.78 Å². The maximum Gasteiger partial charge on any atom is 0.387 e. The predicted octanol–water partition coefficient (Wildman–Crippen LogP) is 2.09. The number of aryl methyl sites for hydroxylation is 1. The minimum atomic E-state index is -2.86. The highest BCUT2D eigenvalue weighted by Crippen LogP contribution is 2.24. The van der Waals surface area contributed by atoms with Crippen LogP contribution in [0.3, 0.4) is 0 Å². The van der Waals surface area contributed by atoms with Crippen LogP contribution in [0.1, 0.15) is 11.1 Å². The van der Waals surface area contributed by atoms with Crippen LogP contribution in [0, 0.1) is 6.92 Å². The van der Waals surface area contributed by atoms with Gasteiger partial charge in [0, 0.05) is 5.56 Å². The first-order valence-electron chi connectivity index (χ1n) is 3.79. The molecule has 0 spiro atoms. The number of para-hydroxylation sites is 1. The molecule has 0 aliphatic carbocycles. The van der Waals surface area contributed by atoms with E-state index in [0.717, 1.165) is 0 Å². The zero-order valence-corrected chi connectivity index (χ0v) is 7.13. The fourth-order valence-electron chi connectivity index (χ4n) is 1.10. The Labute approximate surface area is 74.8 Å². The highest BCUT2D eigenvalue weighted by Gasteiger charge is 2.10. The predicted molar refractivity (Wildman–Crippen MR) is 43.7 cm³/mol. The third-order valence-electron chi connectivity index (χ3n) is 1.67. The van der Waals surface area contributed by atoms with E-state index in [1.165, 1.54) is 0 Å². The Hall–Kier alpha value is -1.16. The Bertz CT molecular complexity index is 287. The molecule has 0 saturated carbocycles. The van der Waals surface area contributed by atoms with Gasteiger partial charge in [-0.2, -0.15) is 8.78 Å². The standard InChI is InChI=1S/C9H10F2O2/c1-6-3-2-4-7(5-12)8(6)13-9(10)11/h2-4,9,12H,5H2,1H3. The summed E-state index contributed by atoms with van der Waals surface area (Å²) in [6.45, 7) is -1.51. The summed E-state index contributed by atoms with van der Waals surface area (Å²) in [4.78, 5) is 0. The van der Waals surface area contributed by atoms with Gasteiger partial charge < -0.3 is 9.84 Å². The molecule has 13 heavy (non-hydrogen) atoms. The van der Waals surface area contributed by atoms with E-state index in [2.05, 4.69) is 4.74 Å². The van der Waals surface area contributed by atoms with E-state index in [1.807, 2.05) is 0 Å². The summed E-state index contributed by atoms with van der Waals surface area (Å²) in [6.07, 6.45) is 0. The van der Waals surface area contributed by atoms with Crippen LogP contribution < -0.4 is 4.74 Å². The van der Waals surface area contributed by atoms with Crippen molar-refractivity contribution in [1.29, 1.82) is 0 Å². The van der Waals surface area contributed by atoms with Crippen molar-refractivity contribution < 1.29 is 18.6 Å². The Balaban J connectivity index is 3.00. The van der Waals surface area contributed by atoms with Gasteiger partial charge in [-0.3, -0.25) is 0 Å². The lowest BCUT2D eigenvalue weighted by Gasteiger charge is -2.11. The normalized spacial score (nSPS) is 10.5. The number of aliphatic hydroxyl groups excluding tert-OH is 1. The van der Waals surface area contributed by atoms with E-state index in [1.54, 1.807) is 25.1 Å². The van der Waals surface area contributed by atoms with E-state index < -0.39 is 6.61 Å². The quantitative estimate of drug-likeness (QED) is 0.786. The number of aliphatic hydroxyl groups is 1. The lowest BCUT2D eigenvalue weighted by Crippen LogP contribution is -2.05. The number of halogens is 2. The van der Waals surface area contributed by atoms with Crippen LogP contribution in [0.15, 0.2) is 18.2 Å². The largest absolute Gasteiger partial charge is 0.434 e. The Morgan fingerprint density at radius 3 is 2.69 bits per heavy atom. The highest BCUT2D eigenvalue weighted by atomic mass is 19.3. The fourth-order valence-corrected chi connectivity index (χ4v) is 1.10. The molecule has 0 atom stereocenters. The minimum absolute atomic E-state index is 0.0694. The summed E-state index contributed by atoms with van der Waals surface area (Å²) >= 11 is 0. The zero-order valence-electron chi connectivity index (χ0n) is 7.13. The molecule has 0 fully saturated rings. The second kappa shape index (κ2) is 4.18. The molecule has 0 heterocycles. The molecule has 0 aliphatic heterocycles. The van der Waals surface area contributed by atoms with Crippen LogP contribution >= 0.6 is 0 Å². The van der Waals surface area contributed by atoms with Gasteiger partial charge in [0.25, 0.3) is 0 Å². The van der Waals surface area contributed by atoms with Crippen LogP contribution in [0.25, 0.3) is 0 Å². The van der Waals surface area contributed by atoms with Crippen molar-refractivity contribution in [2.24, 2.45) is 0 Å². The van der Waals surface area contributed by atoms with Gasteiger partial charge in [-0.25, -0.2) is 0 Å². The Kier molecular flexibility index (Phi) is 3.19. The van der Waals surface area contributed by atoms with Crippen LogP contribution in [-0.2, 0) is 6.61 Å². The molecule has 0 unspecified atom stereocenters. The van der Waals surface area contributed by atoms with Crippen molar-refractivity contribution in [3.63, 3.8) is 0 Å². The van der Waals surface area contributed by atoms with Gasteiger partial charge in [-0.1, -0.05) is 18.2 Å². The molecule has 1 aromatic rings. The molecule has 0 amide bonds. The van der Waals surface area contributed by atoms with E-state index >= 15 is 0 Å². The Morgan fingerprint density at radius 2 is 2.15 bits per heavy atom. The third kappa shape index (κ3) is 2.39. The lowest BCUT2D eigenvalue weighted by molar-refractivity contribution is -0.0513. The molecule has 0 saturated heterocycles. The molecule has 1 aromatic carbocycles. The molecule has 1 N–H and O–H groups in total. The van der Waals surface area contributed by atoms with Gasteiger partial charge in [-0.05, 0) is 12.5 Å². The second-order valence-electron chi connectivity index (χ2n) is 2.60. The van der Waals surface area contributed by atoms with Crippen molar-refractivity contribution in [3.05, 3.63) is 29.3 Å². The summed E-state index contributed by atoms with van der Waals surface area (Å²) in [5, 5.41) is 8.83. The van der Waals surface area contributed by atoms with Gasteiger partial charge >= 0.3 is 6.61 Å². The molecule has 4 heteroatoms. The average Bonchev–Trinajstić information content (AvgIpc) is 2.08. The first kappa shape index (κ1) is 9.92. The molecule has 0 radical (unpaired) electrons. The first-order chi connectivity index (χ1) is 6.15. The maximum atomic E-state index is 11.9. The summed E-state index contributed by atoms with van der Waals surface area (Å²) < 4.78 is 28.1. The van der Waals surface area contributed by atoms with Crippen molar-refractivity contribution in [3.8, 4) is 5.75 Å². The maximum absolute atomic E-state index is 11.9. The smallest absolute Gasteiger partial charge is 0.387 e. The number of hydrogen-bond acceptors (Lipinski definition) is 2. The number of hydrogen-bond donors (Lipinski definition) is 1. The first-order valence-corrected chi connectivity index (χ1v) is 3.79. The van der Waals surface area contributed by atoms with Crippen LogP contribution in [0.5, 0.6) is 5.75 Å². The molecular formula is C9H10F2O2. The molecular weight excluding hydrogens is 178 g/mol. The van der Waals surface area contributed by atoms with E-state index in [9.17, 15) is 8.78 Å². The zero-order chi connectivity index (χ0) is 9.84. The van der Waals surface area contributed by atoms with Gasteiger partial charge in [0.2, 0.25) is 0 Å². The highest BCUT2D eigenvalue weighted by molar-refractivity contribution is 5.40. The van der Waals surface area contributed by atoms with E-state index in [0.29, 0.717) is 11.1 Å². The average molecular weight is 188 g/mol.